The maximum Gasteiger partial charge on any atom is 0.397 e. The van der Waals surface area contributed by atoms with Crippen LogP contribution in [0.4, 0.5) is 0 Å². The Morgan fingerprint density at radius 2 is 1.02 bits per heavy atom. The number of rotatable bonds is 21. The van der Waals surface area contributed by atoms with Gasteiger partial charge in [0.15, 0.2) is 30.7 Å². The lowest BCUT2D eigenvalue weighted by atomic mass is 9.98. The SMILES string of the molecule is O=S(=O)(O)OCC1O[C@@H](O[C@]2(COS(=O)(=O)O)O[C@H](COS(=O)(=O)O)C(OS(=O)(=O)O)[C@H]2OOO)C(OOO)[C@@H](OOO)[C@@H]1OOO. The maximum absolute atomic E-state index is 11.6. The van der Waals surface area contributed by atoms with Crippen LogP contribution in [0.3, 0.4) is 0 Å². The number of hydrogen-bond acceptors (Lipinski definition) is 27. The van der Waals surface area contributed by atoms with Crippen LogP contribution in [-0.2, 0) is 112 Å². The van der Waals surface area contributed by atoms with E-state index in [4.69, 9.17) is 48.9 Å². The van der Waals surface area contributed by atoms with Gasteiger partial charge in [-0.3, -0.25) is 18.2 Å². The van der Waals surface area contributed by atoms with Crippen LogP contribution in [0.2, 0.25) is 0 Å². The monoisotopic (exact) mass is 790 g/mol. The normalized spacial score (nSPS) is 32.5. The molecule has 280 valence electrons. The molecule has 2 saturated heterocycles. The van der Waals surface area contributed by atoms with Crippen molar-refractivity contribution in [3.63, 3.8) is 0 Å². The molecule has 3 unspecified atom stereocenters. The van der Waals surface area contributed by atoms with Crippen LogP contribution >= 0.6 is 0 Å². The molecule has 0 spiro atoms. The highest BCUT2D eigenvalue weighted by atomic mass is 32.3. The van der Waals surface area contributed by atoms with Crippen LogP contribution < -0.4 is 0 Å². The lowest BCUT2D eigenvalue weighted by Gasteiger charge is -2.44. The predicted molar refractivity (Wildman–Crippen MR) is 121 cm³/mol. The van der Waals surface area contributed by atoms with Gasteiger partial charge in [-0.1, -0.05) is 20.2 Å². The molecule has 2 aliphatic heterocycles. The van der Waals surface area contributed by atoms with E-state index in [1.165, 1.54) is 0 Å². The molecule has 0 amide bonds. The molecule has 35 heteroatoms. The van der Waals surface area contributed by atoms with E-state index in [0.717, 1.165) is 0 Å². The summed E-state index contributed by atoms with van der Waals surface area (Å²) in [5.41, 5.74) is 0. The second-order valence-electron chi connectivity index (χ2n) is 8.23. The molecule has 0 aromatic heterocycles. The number of hydrogen-bond donors (Lipinski definition) is 8. The minimum atomic E-state index is -5.70. The Balaban J connectivity index is 2.75. The minimum absolute atomic E-state index is 1.42. The second-order valence-corrected chi connectivity index (χ2v) is 12.6. The average Bonchev–Trinajstić information content (AvgIpc) is 3.18. The van der Waals surface area contributed by atoms with Crippen molar-refractivity contribution in [2.45, 2.75) is 54.8 Å². The van der Waals surface area contributed by atoms with Crippen molar-refractivity contribution >= 4 is 41.6 Å². The van der Waals surface area contributed by atoms with Gasteiger partial charge in [0.1, 0.15) is 24.9 Å². The summed E-state index contributed by atoms with van der Waals surface area (Å²) in [6, 6.07) is 0. The summed E-state index contributed by atoms with van der Waals surface area (Å²) < 4.78 is 160. The van der Waals surface area contributed by atoms with Crippen LogP contribution in [0.25, 0.3) is 0 Å². The van der Waals surface area contributed by atoms with E-state index < -0.39 is 116 Å². The fraction of sp³-hybridized carbons (Fsp3) is 1.00. The van der Waals surface area contributed by atoms with Gasteiger partial charge in [-0.05, 0) is 0 Å². The first kappa shape index (κ1) is 42.0. The average molecular weight is 791 g/mol. The van der Waals surface area contributed by atoms with E-state index >= 15 is 0 Å². The van der Waals surface area contributed by atoms with Gasteiger partial charge in [0.05, 0.1) is 13.2 Å². The third-order valence-electron chi connectivity index (χ3n) is 5.37. The van der Waals surface area contributed by atoms with Crippen molar-refractivity contribution in [2.24, 2.45) is 0 Å². The highest BCUT2D eigenvalue weighted by molar-refractivity contribution is 7.81. The highest BCUT2D eigenvalue weighted by Crippen LogP contribution is 2.42. The van der Waals surface area contributed by atoms with E-state index in [9.17, 15) is 38.2 Å². The van der Waals surface area contributed by atoms with Crippen molar-refractivity contribution < 1.29 is 144 Å². The second kappa shape index (κ2) is 17.2. The van der Waals surface area contributed by atoms with Crippen molar-refractivity contribution in [1.29, 1.82) is 0 Å². The van der Waals surface area contributed by atoms with Crippen molar-refractivity contribution in [1.82, 2.24) is 0 Å². The van der Waals surface area contributed by atoms with E-state index in [1.54, 1.807) is 0 Å². The molecule has 2 heterocycles. The molecule has 0 aliphatic carbocycles. The van der Waals surface area contributed by atoms with Gasteiger partial charge >= 0.3 is 41.6 Å². The molecule has 0 bridgehead atoms. The zero-order chi connectivity index (χ0) is 35.8. The van der Waals surface area contributed by atoms with Gasteiger partial charge in [0.25, 0.3) is 0 Å². The smallest absolute Gasteiger partial charge is 0.341 e. The molecular weight excluding hydrogens is 768 g/mol. The summed E-state index contributed by atoms with van der Waals surface area (Å²) in [6.45, 7) is -4.85. The van der Waals surface area contributed by atoms with Crippen LogP contribution in [-0.4, -0.2) is 148 Å². The molecule has 0 aromatic rings. The molecular formula is C12H22O31S4. The minimum Gasteiger partial charge on any atom is -0.341 e. The Hall–Kier alpha value is -1.12. The largest absolute Gasteiger partial charge is 0.397 e. The Labute approximate surface area is 259 Å². The zero-order valence-electron chi connectivity index (χ0n) is 21.8. The third-order valence-corrected chi connectivity index (χ3v) is 7.12. The summed E-state index contributed by atoms with van der Waals surface area (Å²) in [6.07, 6.45) is -19.6. The Morgan fingerprint density at radius 3 is 1.49 bits per heavy atom. The summed E-state index contributed by atoms with van der Waals surface area (Å²) in [5.74, 6) is -3.43. The molecule has 0 radical (unpaired) electrons. The first-order chi connectivity index (χ1) is 21.6. The van der Waals surface area contributed by atoms with Crippen LogP contribution in [0.5, 0.6) is 0 Å². The standard InChI is InChI=1S/C12H22O31S4/c13-40-35-6-4(1-29-44(17,18)19)32-11(9(37-42-15)8(6)36-41-14)34-12(3-31-46(23,24)25)10(38-43-16)7(39-47(26,27)28)5(33-12)2-30-45(20,21)22/h4-11,13-16H,1-3H2,(H,17,18,19)(H,20,21,22)(H,23,24,25)(H,26,27,28)/t4?,5-,6-,7?,8+,9?,10-,11+,12+/m1/s1. The zero-order valence-corrected chi connectivity index (χ0v) is 25.1. The Bertz CT molecular complexity index is 1410. The molecule has 47 heavy (non-hydrogen) atoms. The van der Waals surface area contributed by atoms with E-state index in [-0.39, 0.29) is 0 Å². The van der Waals surface area contributed by atoms with Gasteiger partial charge in [-0.15, -0.1) is 0 Å². The van der Waals surface area contributed by atoms with E-state index in [0.29, 0.717) is 0 Å². The van der Waals surface area contributed by atoms with Gasteiger partial charge in [-0.25, -0.2) is 37.8 Å². The van der Waals surface area contributed by atoms with Crippen LogP contribution in [0.15, 0.2) is 0 Å². The first-order valence-electron chi connectivity index (χ1n) is 11.0. The molecule has 31 nitrogen and oxygen atoms in total. The third kappa shape index (κ3) is 13.3. The topological polar surface area (TPSA) is 437 Å². The van der Waals surface area contributed by atoms with Gasteiger partial charge < -0.3 is 14.2 Å². The van der Waals surface area contributed by atoms with Crippen molar-refractivity contribution in [3.8, 4) is 0 Å². The molecule has 2 aliphatic rings. The summed E-state index contributed by atoms with van der Waals surface area (Å²) in [7, 11) is -22.1. The Morgan fingerprint density at radius 1 is 0.553 bits per heavy atom. The van der Waals surface area contributed by atoms with E-state index in [1.807, 2.05) is 0 Å². The lowest BCUT2D eigenvalue weighted by Crippen LogP contribution is -2.65. The summed E-state index contributed by atoms with van der Waals surface area (Å²) in [4.78, 5) is 17.6. The fourth-order valence-corrected chi connectivity index (χ4v) is 5.31. The van der Waals surface area contributed by atoms with Crippen LogP contribution in [0, 0.1) is 0 Å². The van der Waals surface area contributed by atoms with Crippen molar-refractivity contribution in [3.05, 3.63) is 0 Å². The molecule has 8 N–H and O–H groups in total. The Kier molecular flexibility index (Phi) is 15.4. The molecule has 2 fully saturated rings. The highest BCUT2D eigenvalue weighted by Gasteiger charge is 2.64. The van der Waals surface area contributed by atoms with Gasteiger partial charge in [0.2, 0.25) is 5.79 Å². The molecule has 9 atom stereocenters. The molecule has 0 aromatic carbocycles. The molecule has 2 rings (SSSR count). The quantitative estimate of drug-likeness (QED) is 0.0309. The summed E-state index contributed by atoms with van der Waals surface area (Å²) >= 11 is 0. The van der Waals surface area contributed by atoms with Gasteiger partial charge in [0, 0.05) is 0 Å². The summed E-state index contributed by atoms with van der Waals surface area (Å²) in [5, 5.41) is 49.4. The first-order valence-corrected chi connectivity index (χ1v) is 16.4. The van der Waals surface area contributed by atoms with Gasteiger partial charge in [-0.2, -0.15) is 53.2 Å². The maximum atomic E-state index is 11.6. The number of ether oxygens (including phenoxy) is 3. The van der Waals surface area contributed by atoms with Crippen molar-refractivity contribution in [2.75, 3.05) is 19.8 Å². The van der Waals surface area contributed by atoms with Crippen LogP contribution in [0.1, 0.15) is 0 Å². The molecule has 0 saturated carbocycles. The predicted octanol–water partition coefficient (Wildman–Crippen LogP) is -4.37. The van der Waals surface area contributed by atoms with E-state index in [2.05, 4.69) is 56.4 Å². The fourth-order valence-electron chi connectivity index (χ4n) is 3.88. The lowest BCUT2D eigenvalue weighted by molar-refractivity contribution is -0.595.